The molecule has 1 N–H and O–H groups in total. The van der Waals surface area contributed by atoms with E-state index in [0.717, 1.165) is 19.4 Å². The SMILES string of the molecule is CC(C)c1ocnc1C(=O)N[C@@H]1CCCN(c2ncccn2)C1. The minimum atomic E-state index is -0.178. The van der Waals surface area contributed by atoms with E-state index in [-0.39, 0.29) is 17.9 Å². The van der Waals surface area contributed by atoms with Gasteiger partial charge < -0.3 is 14.6 Å². The summed E-state index contributed by atoms with van der Waals surface area (Å²) < 4.78 is 5.32. The van der Waals surface area contributed by atoms with Crippen LogP contribution in [-0.4, -0.2) is 40.0 Å². The van der Waals surface area contributed by atoms with Crippen molar-refractivity contribution in [2.75, 3.05) is 18.0 Å². The van der Waals surface area contributed by atoms with Gasteiger partial charge in [-0.05, 0) is 18.9 Å². The van der Waals surface area contributed by atoms with Gasteiger partial charge in [-0.15, -0.1) is 0 Å². The molecule has 3 rings (SSSR count). The number of carbonyl (C=O) groups excluding carboxylic acids is 1. The number of aromatic nitrogens is 3. The second kappa shape index (κ2) is 6.76. The van der Waals surface area contributed by atoms with Crippen molar-refractivity contribution in [2.24, 2.45) is 0 Å². The minimum absolute atomic E-state index is 0.0526. The molecule has 7 heteroatoms. The van der Waals surface area contributed by atoms with E-state index in [4.69, 9.17) is 4.42 Å². The van der Waals surface area contributed by atoms with Gasteiger partial charge in [-0.2, -0.15) is 0 Å². The van der Waals surface area contributed by atoms with E-state index in [9.17, 15) is 4.79 Å². The van der Waals surface area contributed by atoms with Gasteiger partial charge in [-0.1, -0.05) is 13.8 Å². The summed E-state index contributed by atoms with van der Waals surface area (Å²) in [7, 11) is 0. The first kappa shape index (κ1) is 15.5. The molecule has 1 saturated heterocycles. The Bertz CT molecular complexity index is 656. The maximum atomic E-state index is 12.5. The monoisotopic (exact) mass is 315 g/mol. The highest BCUT2D eigenvalue weighted by Crippen LogP contribution is 2.19. The number of piperidine rings is 1. The lowest BCUT2D eigenvalue weighted by molar-refractivity contribution is 0.0926. The summed E-state index contributed by atoms with van der Waals surface area (Å²) in [6.45, 7) is 5.56. The number of amides is 1. The van der Waals surface area contributed by atoms with E-state index >= 15 is 0 Å². The van der Waals surface area contributed by atoms with Crippen molar-refractivity contribution >= 4 is 11.9 Å². The molecular formula is C16H21N5O2. The lowest BCUT2D eigenvalue weighted by Crippen LogP contribution is -2.48. The Morgan fingerprint density at radius 1 is 1.35 bits per heavy atom. The molecule has 0 bridgehead atoms. The average Bonchev–Trinajstić information content (AvgIpc) is 3.06. The molecule has 2 aromatic heterocycles. The van der Waals surface area contributed by atoms with Crippen LogP contribution in [-0.2, 0) is 0 Å². The Morgan fingerprint density at radius 3 is 2.87 bits per heavy atom. The molecule has 0 radical (unpaired) electrons. The second-order valence-electron chi connectivity index (χ2n) is 6.03. The van der Waals surface area contributed by atoms with E-state index in [2.05, 4.69) is 25.2 Å². The predicted molar refractivity (Wildman–Crippen MR) is 85.3 cm³/mol. The number of hydrogen-bond donors (Lipinski definition) is 1. The molecule has 1 aliphatic rings. The van der Waals surface area contributed by atoms with Gasteiger partial charge >= 0.3 is 0 Å². The molecule has 0 saturated carbocycles. The Kier molecular flexibility index (Phi) is 4.55. The summed E-state index contributed by atoms with van der Waals surface area (Å²) >= 11 is 0. The summed E-state index contributed by atoms with van der Waals surface area (Å²) in [4.78, 5) is 27.2. The second-order valence-corrected chi connectivity index (χ2v) is 6.03. The molecule has 0 aliphatic carbocycles. The van der Waals surface area contributed by atoms with E-state index in [1.165, 1.54) is 6.39 Å². The Hall–Kier alpha value is -2.44. The molecule has 3 heterocycles. The van der Waals surface area contributed by atoms with Gasteiger partial charge in [-0.3, -0.25) is 4.79 Å². The maximum Gasteiger partial charge on any atom is 0.273 e. The molecule has 1 atom stereocenters. The van der Waals surface area contributed by atoms with Gasteiger partial charge in [0.05, 0.1) is 0 Å². The van der Waals surface area contributed by atoms with Crippen LogP contribution in [0.2, 0.25) is 0 Å². The Balaban J connectivity index is 1.66. The van der Waals surface area contributed by atoms with E-state index in [1.54, 1.807) is 18.5 Å². The van der Waals surface area contributed by atoms with Crippen LogP contribution in [0.25, 0.3) is 0 Å². The molecule has 1 aliphatic heterocycles. The smallest absolute Gasteiger partial charge is 0.273 e. The van der Waals surface area contributed by atoms with Crippen LogP contribution in [0.15, 0.2) is 29.3 Å². The fraction of sp³-hybridized carbons (Fsp3) is 0.500. The largest absolute Gasteiger partial charge is 0.447 e. The van der Waals surface area contributed by atoms with Crippen LogP contribution in [0.4, 0.5) is 5.95 Å². The van der Waals surface area contributed by atoms with E-state index in [1.807, 2.05) is 13.8 Å². The maximum absolute atomic E-state index is 12.5. The highest BCUT2D eigenvalue weighted by Gasteiger charge is 2.26. The van der Waals surface area contributed by atoms with Crippen molar-refractivity contribution in [3.05, 3.63) is 36.3 Å². The van der Waals surface area contributed by atoms with Gasteiger partial charge in [0, 0.05) is 37.4 Å². The van der Waals surface area contributed by atoms with Crippen LogP contribution in [0.1, 0.15) is 48.9 Å². The molecule has 0 aromatic carbocycles. The zero-order chi connectivity index (χ0) is 16.2. The van der Waals surface area contributed by atoms with Crippen LogP contribution >= 0.6 is 0 Å². The molecule has 0 spiro atoms. The van der Waals surface area contributed by atoms with Gasteiger partial charge in [0.2, 0.25) is 5.95 Å². The number of anilines is 1. The van der Waals surface area contributed by atoms with Gasteiger partial charge in [-0.25, -0.2) is 15.0 Å². The summed E-state index contributed by atoms with van der Waals surface area (Å²) in [6.07, 6.45) is 6.71. The van der Waals surface area contributed by atoms with Crippen molar-refractivity contribution in [2.45, 2.75) is 38.6 Å². The molecule has 2 aromatic rings. The zero-order valence-corrected chi connectivity index (χ0v) is 13.4. The van der Waals surface area contributed by atoms with Crippen molar-refractivity contribution in [1.82, 2.24) is 20.3 Å². The fourth-order valence-electron chi connectivity index (χ4n) is 2.82. The van der Waals surface area contributed by atoms with Crippen molar-refractivity contribution < 1.29 is 9.21 Å². The number of carbonyl (C=O) groups is 1. The summed E-state index contributed by atoms with van der Waals surface area (Å²) in [6, 6.07) is 1.85. The number of nitrogens with one attached hydrogen (secondary N) is 1. The quantitative estimate of drug-likeness (QED) is 0.929. The highest BCUT2D eigenvalue weighted by molar-refractivity contribution is 5.93. The van der Waals surface area contributed by atoms with Crippen LogP contribution in [0, 0.1) is 0 Å². The van der Waals surface area contributed by atoms with Crippen molar-refractivity contribution in [3.8, 4) is 0 Å². The summed E-state index contributed by atoms with van der Waals surface area (Å²) in [5, 5.41) is 3.06. The van der Waals surface area contributed by atoms with E-state index in [0.29, 0.717) is 23.9 Å². The summed E-state index contributed by atoms with van der Waals surface area (Å²) in [5.74, 6) is 1.28. The normalized spacial score (nSPS) is 18.2. The minimum Gasteiger partial charge on any atom is -0.447 e. The van der Waals surface area contributed by atoms with Crippen LogP contribution in [0.3, 0.4) is 0 Å². The van der Waals surface area contributed by atoms with Crippen LogP contribution < -0.4 is 10.2 Å². The van der Waals surface area contributed by atoms with Crippen LogP contribution in [0.5, 0.6) is 0 Å². The number of nitrogens with zero attached hydrogens (tertiary/aromatic N) is 4. The molecule has 1 amide bonds. The molecular weight excluding hydrogens is 294 g/mol. The molecule has 122 valence electrons. The first-order valence-electron chi connectivity index (χ1n) is 7.91. The first-order valence-corrected chi connectivity index (χ1v) is 7.91. The third-order valence-corrected chi connectivity index (χ3v) is 3.93. The zero-order valence-electron chi connectivity index (χ0n) is 13.4. The third-order valence-electron chi connectivity index (χ3n) is 3.93. The Morgan fingerprint density at radius 2 is 2.13 bits per heavy atom. The fourth-order valence-corrected chi connectivity index (χ4v) is 2.82. The predicted octanol–water partition coefficient (Wildman–Crippen LogP) is 1.99. The lowest BCUT2D eigenvalue weighted by atomic mass is 10.0. The molecule has 23 heavy (non-hydrogen) atoms. The van der Waals surface area contributed by atoms with Crippen molar-refractivity contribution in [3.63, 3.8) is 0 Å². The number of rotatable bonds is 4. The summed E-state index contributed by atoms with van der Waals surface area (Å²) in [5.41, 5.74) is 0.382. The number of hydrogen-bond acceptors (Lipinski definition) is 6. The number of oxazole rings is 1. The lowest BCUT2D eigenvalue weighted by Gasteiger charge is -2.32. The topological polar surface area (TPSA) is 84.2 Å². The van der Waals surface area contributed by atoms with Gasteiger partial charge in [0.15, 0.2) is 12.1 Å². The molecule has 7 nitrogen and oxygen atoms in total. The van der Waals surface area contributed by atoms with Gasteiger partial charge in [0.25, 0.3) is 5.91 Å². The molecule has 1 fully saturated rings. The average molecular weight is 315 g/mol. The first-order chi connectivity index (χ1) is 11.1. The van der Waals surface area contributed by atoms with Crippen molar-refractivity contribution in [1.29, 1.82) is 0 Å². The van der Waals surface area contributed by atoms with E-state index < -0.39 is 0 Å². The standard InChI is InChI=1S/C16H21N5O2/c1-11(2)14-13(19-10-23-14)15(22)20-12-5-3-8-21(9-12)16-17-6-4-7-18-16/h4,6-7,10-12H,3,5,8-9H2,1-2H3,(H,20,22)/t12-/m1/s1. The third kappa shape index (κ3) is 3.49. The molecule has 0 unspecified atom stereocenters. The Labute approximate surface area is 135 Å². The highest BCUT2D eigenvalue weighted by atomic mass is 16.3. The van der Waals surface area contributed by atoms with Gasteiger partial charge in [0.1, 0.15) is 5.76 Å².